The normalized spacial score (nSPS) is 17.4. The number of hydrogen-bond acceptors (Lipinski definition) is 3. The van der Waals surface area contributed by atoms with Crippen LogP contribution in [-0.2, 0) is 9.53 Å². The summed E-state index contributed by atoms with van der Waals surface area (Å²) in [4.78, 5) is 22.9. The lowest BCUT2D eigenvalue weighted by molar-refractivity contribution is -0.119. The molecule has 4 heteroatoms. The standard InChI is InChI=1S/C13H23NO3/c1-9(10-5-6-10)7-11(15)8-14-12(16)17-13(2,3)4/h9-10H,5-8H2,1-4H3,(H,14,16). The highest BCUT2D eigenvalue weighted by Crippen LogP contribution is 2.38. The molecule has 1 saturated carbocycles. The number of Topliss-reactive ketones (excluding diaryl/α,β-unsaturated/α-hetero) is 1. The highest BCUT2D eigenvalue weighted by atomic mass is 16.6. The number of carbonyl (C=O) groups excluding carboxylic acids is 2. The average Bonchev–Trinajstić information content (AvgIpc) is 2.94. The molecule has 0 saturated heterocycles. The van der Waals surface area contributed by atoms with Crippen molar-refractivity contribution >= 4 is 11.9 Å². The smallest absolute Gasteiger partial charge is 0.408 e. The Morgan fingerprint density at radius 2 is 1.94 bits per heavy atom. The van der Waals surface area contributed by atoms with Gasteiger partial charge in [-0.3, -0.25) is 4.79 Å². The van der Waals surface area contributed by atoms with Gasteiger partial charge in [0.2, 0.25) is 0 Å². The first-order valence-electron chi connectivity index (χ1n) is 6.26. The van der Waals surface area contributed by atoms with Crippen LogP contribution in [0.3, 0.4) is 0 Å². The van der Waals surface area contributed by atoms with Crippen LogP contribution in [0.4, 0.5) is 4.79 Å². The molecule has 0 bridgehead atoms. The second kappa shape index (κ2) is 5.52. The first-order valence-corrected chi connectivity index (χ1v) is 6.26. The van der Waals surface area contributed by atoms with Gasteiger partial charge >= 0.3 is 6.09 Å². The quantitative estimate of drug-likeness (QED) is 0.804. The van der Waals surface area contributed by atoms with Crippen LogP contribution < -0.4 is 5.32 Å². The van der Waals surface area contributed by atoms with Crippen LogP contribution >= 0.6 is 0 Å². The highest BCUT2D eigenvalue weighted by molar-refractivity contribution is 5.84. The summed E-state index contributed by atoms with van der Waals surface area (Å²) in [5.74, 6) is 1.25. The molecular formula is C13H23NO3. The molecule has 1 atom stereocenters. The number of nitrogens with one attached hydrogen (secondary N) is 1. The number of alkyl carbamates (subject to hydrolysis) is 1. The molecule has 0 heterocycles. The lowest BCUT2D eigenvalue weighted by Gasteiger charge is -2.19. The van der Waals surface area contributed by atoms with Crippen molar-refractivity contribution in [1.29, 1.82) is 0 Å². The Bertz CT molecular complexity index is 290. The molecule has 1 aliphatic carbocycles. The summed E-state index contributed by atoms with van der Waals surface area (Å²) in [6.07, 6.45) is 2.52. The summed E-state index contributed by atoms with van der Waals surface area (Å²) < 4.78 is 5.05. The van der Waals surface area contributed by atoms with E-state index in [4.69, 9.17) is 4.74 Å². The molecule has 1 rings (SSSR count). The predicted octanol–water partition coefficient (Wildman–Crippen LogP) is 2.52. The number of amides is 1. The predicted molar refractivity (Wildman–Crippen MR) is 65.7 cm³/mol. The minimum atomic E-state index is -0.523. The zero-order valence-electron chi connectivity index (χ0n) is 11.2. The van der Waals surface area contributed by atoms with Gasteiger partial charge < -0.3 is 10.1 Å². The fourth-order valence-electron chi connectivity index (χ4n) is 1.75. The molecule has 0 radical (unpaired) electrons. The zero-order chi connectivity index (χ0) is 13.1. The van der Waals surface area contributed by atoms with E-state index in [1.165, 1.54) is 12.8 Å². The van der Waals surface area contributed by atoms with Crippen molar-refractivity contribution in [2.45, 2.75) is 52.6 Å². The fraction of sp³-hybridized carbons (Fsp3) is 0.846. The third-order valence-corrected chi connectivity index (χ3v) is 2.81. The van der Waals surface area contributed by atoms with Crippen molar-refractivity contribution in [2.75, 3.05) is 6.54 Å². The fourth-order valence-corrected chi connectivity index (χ4v) is 1.75. The van der Waals surface area contributed by atoms with E-state index in [0.29, 0.717) is 12.3 Å². The minimum Gasteiger partial charge on any atom is -0.444 e. The number of ketones is 1. The van der Waals surface area contributed by atoms with Crippen LogP contribution in [-0.4, -0.2) is 24.0 Å². The molecule has 0 aromatic carbocycles. The van der Waals surface area contributed by atoms with E-state index < -0.39 is 11.7 Å². The first-order chi connectivity index (χ1) is 7.78. The van der Waals surface area contributed by atoms with Crippen molar-refractivity contribution in [1.82, 2.24) is 5.32 Å². The van der Waals surface area contributed by atoms with Gasteiger partial charge in [0.1, 0.15) is 5.60 Å². The molecule has 1 amide bonds. The second-order valence-corrected chi connectivity index (χ2v) is 5.91. The molecule has 0 aromatic heterocycles. The Kier molecular flexibility index (Phi) is 4.54. The highest BCUT2D eigenvalue weighted by Gasteiger charge is 2.29. The van der Waals surface area contributed by atoms with Crippen LogP contribution in [0.15, 0.2) is 0 Å². The minimum absolute atomic E-state index is 0.0754. The van der Waals surface area contributed by atoms with Gasteiger partial charge in [-0.25, -0.2) is 4.79 Å². The third-order valence-electron chi connectivity index (χ3n) is 2.81. The summed E-state index contributed by atoms with van der Waals surface area (Å²) in [5.41, 5.74) is -0.519. The molecule has 1 N–H and O–H groups in total. The molecule has 1 aliphatic rings. The van der Waals surface area contributed by atoms with Gasteiger partial charge in [-0.15, -0.1) is 0 Å². The number of hydrogen-bond donors (Lipinski definition) is 1. The van der Waals surface area contributed by atoms with E-state index in [1.54, 1.807) is 20.8 Å². The number of rotatable bonds is 5. The van der Waals surface area contributed by atoms with E-state index >= 15 is 0 Å². The lowest BCUT2D eigenvalue weighted by Crippen LogP contribution is -2.35. The van der Waals surface area contributed by atoms with E-state index in [-0.39, 0.29) is 12.3 Å². The van der Waals surface area contributed by atoms with E-state index in [0.717, 1.165) is 5.92 Å². The monoisotopic (exact) mass is 241 g/mol. The molecular weight excluding hydrogens is 218 g/mol. The molecule has 4 nitrogen and oxygen atoms in total. The maximum atomic E-state index is 11.6. The van der Waals surface area contributed by atoms with Gasteiger partial charge in [0.05, 0.1) is 6.54 Å². The van der Waals surface area contributed by atoms with Gasteiger partial charge in [-0.2, -0.15) is 0 Å². The van der Waals surface area contributed by atoms with Gasteiger partial charge in [0.15, 0.2) is 5.78 Å². The number of ether oxygens (including phenoxy) is 1. The summed E-state index contributed by atoms with van der Waals surface area (Å²) in [6, 6.07) is 0. The average molecular weight is 241 g/mol. The van der Waals surface area contributed by atoms with Crippen molar-refractivity contribution in [3.63, 3.8) is 0 Å². The Morgan fingerprint density at radius 1 is 1.35 bits per heavy atom. The van der Waals surface area contributed by atoms with E-state index in [2.05, 4.69) is 12.2 Å². The zero-order valence-corrected chi connectivity index (χ0v) is 11.2. The maximum Gasteiger partial charge on any atom is 0.408 e. The molecule has 0 aliphatic heterocycles. The van der Waals surface area contributed by atoms with Crippen LogP contribution in [0.5, 0.6) is 0 Å². The van der Waals surface area contributed by atoms with Crippen LogP contribution in [0, 0.1) is 11.8 Å². The molecule has 17 heavy (non-hydrogen) atoms. The maximum absolute atomic E-state index is 11.6. The van der Waals surface area contributed by atoms with Gasteiger partial charge in [0.25, 0.3) is 0 Å². The summed E-state index contributed by atoms with van der Waals surface area (Å²) >= 11 is 0. The molecule has 1 fully saturated rings. The van der Waals surface area contributed by atoms with Crippen molar-refractivity contribution < 1.29 is 14.3 Å². The SMILES string of the molecule is CC(CC(=O)CNC(=O)OC(C)(C)C)C1CC1. The van der Waals surface area contributed by atoms with Gasteiger partial charge in [-0.1, -0.05) is 6.92 Å². The summed E-state index contributed by atoms with van der Waals surface area (Å²) in [5, 5.41) is 2.49. The van der Waals surface area contributed by atoms with Crippen molar-refractivity contribution in [3.8, 4) is 0 Å². The Balaban J connectivity index is 2.16. The van der Waals surface area contributed by atoms with E-state index in [9.17, 15) is 9.59 Å². The largest absolute Gasteiger partial charge is 0.444 e. The Morgan fingerprint density at radius 3 is 2.41 bits per heavy atom. The van der Waals surface area contributed by atoms with Crippen LogP contribution in [0.2, 0.25) is 0 Å². The molecule has 98 valence electrons. The van der Waals surface area contributed by atoms with Crippen LogP contribution in [0.1, 0.15) is 47.0 Å². The van der Waals surface area contributed by atoms with Crippen molar-refractivity contribution in [2.24, 2.45) is 11.8 Å². The van der Waals surface area contributed by atoms with Crippen molar-refractivity contribution in [3.05, 3.63) is 0 Å². The van der Waals surface area contributed by atoms with Gasteiger partial charge in [0, 0.05) is 6.42 Å². The van der Waals surface area contributed by atoms with E-state index in [1.807, 2.05) is 0 Å². The van der Waals surface area contributed by atoms with Gasteiger partial charge in [-0.05, 0) is 45.4 Å². The second-order valence-electron chi connectivity index (χ2n) is 5.91. The summed E-state index contributed by atoms with van der Waals surface area (Å²) in [7, 11) is 0. The topological polar surface area (TPSA) is 55.4 Å². The molecule has 1 unspecified atom stereocenters. The molecule has 0 aromatic rings. The number of carbonyl (C=O) groups is 2. The Hall–Kier alpha value is -1.06. The third kappa shape index (κ3) is 6.29. The summed E-state index contributed by atoms with van der Waals surface area (Å²) in [6.45, 7) is 7.56. The molecule has 0 spiro atoms. The van der Waals surface area contributed by atoms with Crippen LogP contribution in [0.25, 0.3) is 0 Å². The Labute approximate surface area is 103 Å². The lowest BCUT2D eigenvalue weighted by atomic mass is 10.00. The first kappa shape index (κ1) is 14.0.